The molecule has 0 spiro atoms. The summed E-state index contributed by atoms with van der Waals surface area (Å²) in [6.07, 6.45) is 3.15. The largest absolute Gasteiger partial charge is 0.472 e. The zero-order valence-electron chi connectivity index (χ0n) is 35.6. The number of nitrogens with one attached hydrogen (secondary N) is 4. The van der Waals surface area contributed by atoms with E-state index in [-0.39, 0.29) is 54.9 Å². The number of hydrogen-bond acceptors (Lipinski definition) is 13. The summed E-state index contributed by atoms with van der Waals surface area (Å²) in [5.41, 5.74) is 14.7. The summed E-state index contributed by atoms with van der Waals surface area (Å²) in [5, 5.41) is 19.4. The number of imidazole rings is 1. The summed E-state index contributed by atoms with van der Waals surface area (Å²) >= 11 is 0. The Morgan fingerprint density at radius 2 is 1.42 bits per heavy atom. The molecule has 0 radical (unpaired) electrons. The van der Waals surface area contributed by atoms with Crippen LogP contribution in [0, 0.1) is 5.92 Å². The van der Waals surface area contributed by atoms with Gasteiger partial charge in [-0.05, 0) is 50.7 Å². The lowest BCUT2D eigenvalue weighted by Crippen LogP contribution is -2.54. The lowest BCUT2D eigenvalue weighted by molar-refractivity contribution is -0.132. The molecule has 3 aromatic rings. The van der Waals surface area contributed by atoms with E-state index < -0.39 is 18.0 Å². The van der Waals surface area contributed by atoms with E-state index in [1.807, 2.05) is 52.0 Å². The van der Waals surface area contributed by atoms with Crippen molar-refractivity contribution in [3.05, 3.63) is 41.2 Å². The van der Waals surface area contributed by atoms with E-state index in [1.165, 1.54) is 0 Å². The maximum absolute atomic E-state index is 13.2. The van der Waals surface area contributed by atoms with Crippen LogP contribution in [0.5, 0.6) is 5.88 Å². The molecule has 0 saturated heterocycles. The average Bonchev–Trinajstić information content (AvgIpc) is 3.57. The van der Waals surface area contributed by atoms with E-state index in [4.69, 9.17) is 35.4 Å². The Morgan fingerprint density at radius 1 is 0.780 bits per heavy atom. The van der Waals surface area contributed by atoms with Crippen LogP contribution in [0.1, 0.15) is 90.6 Å². The van der Waals surface area contributed by atoms with E-state index in [0.29, 0.717) is 82.6 Å². The molecular formula is C41H66N10O8. The predicted molar refractivity (Wildman–Crippen MR) is 224 cm³/mol. The van der Waals surface area contributed by atoms with Crippen molar-refractivity contribution in [2.45, 2.75) is 111 Å². The number of hydrogen-bond donors (Lipinski definition) is 6. The Balaban J connectivity index is 1.42. The Labute approximate surface area is 347 Å². The molecule has 0 aliphatic rings. The average molecular weight is 827 g/mol. The number of carbonyl (C=O) groups is 4. The highest BCUT2D eigenvalue weighted by molar-refractivity contribution is 5.92. The highest BCUT2D eigenvalue weighted by atomic mass is 16.5. The molecule has 0 aliphatic heterocycles. The van der Waals surface area contributed by atoms with Crippen molar-refractivity contribution in [2.75, 3.05) is 58.5 Å². The number of benzene rings is 1. The van der Waals surface area contributed by atoms with Crippen molar-refractivity contribution in [3.8, 4) is 5.88 Å². The van der Waals surface area contributed by atoms with Gasteiger partial charge in [-0.2, -0.15) is 0 Å². The minimum atomic E-state index is -0.856. The van der Waals surface area contributed by atoms with Crippen molar-refractivity contribution >= 4 is 40.5 Å². The van der Waals surface area contributed by atoms with E-state index in [2.05, 4.69) is 43.0 Å². The van der Waals surface area contributed by atoms with Crippen LogP contribution >= 0.6 is 0 Å². The first-order chi connectivity index (χ1) is 28.3. The number of carbonyl (C=O) groups excluding carboxylic acids is 4. The summed E-state index contributed by atoms with van der Waals surface area (Å²) in [6, 6.07) is 6.15. The van der Waals surface area contributed by atoms with Gasteiger partial charge in [-0.3, -0.25) is 19.2 Å². The summed E-state index contributed by atoms with van der Waals surface area (Å²) in [7, 11) is 0. The third-order valence-electron chi connectivity index (χ3n) is 9.07. The second-order valence-corrected chi connectivity index (χ2v) is 14.9. The lowest BCUT2D eigenvalue weighted by atomic mass is 10.0. The summed E-state index contributed by atoms with van der Waals surface area (Å²) in [4.78, 5) is 55.9. The highest BCUT2D eigenvalue weighted by Gasteiger charge is 2.27. The smallest absolute Gasteiger partial charge is 0.260 e. The minimum absolute atomic E-state index is 0.0669. The number of nitrogen functional groups attached to an aromatic ring is 1. The quantitative estimate of drug-likeness (QED) is 0.0550. The molecule has 2 aromatic heterocycles. The van der Waals surface area contributed by atoms with Crippen LogP contribution in [0.25, 0.3) is 11.0 Å². The molecule has 8 N–H and O–H groups in total. The van der Waals surface area contributed by atoms with Gasteiger partial charge in [-0.1, -0.05) is 51.5 Å². The molecule has 0 fully saturated rings. The van der Waals surface area contributed by atoms with Crippen LogP contribution < -0.4 is 37.5 Å². The van der Waals surface area contributed by atoms with Crippen molar-refractivity contribution in [1.29, 1.82) is 0 Å². The van der Waals surface area contributed by atoms with E-state index in [1.54, 1.807) is 6.92 Å². The Morgan fingerprint density at radius 3 is 2.07 bits per heavy atom. The number of anilines is 1. The highest BCUT2D eigenvalue weighted by Crippen LogP contribution is 2.29. The molecule has 328 valence electrons. The van der Waals surface area contributed by atoms with Crippen molar-refractivity contribution in [2.24, 2.45) is 11.7 Å². The van der Waals surface area contributed by atoms with Crippen molar-refractivity contribution in [1.82, 2.24) is 41.0 Å². The number of aromatic nitrogens is 4. The van der Waals surface area contributed by atoms with Crippen LogP contribution in [-0.4, -0.2) is 114 Å². The fourth-order valence-corrected chi connectivity index (χ4v) is 5.91. The normalized spacial score (nSPS) is 12.4. The van der Waals surface area contributed by atoms with Gasteiger partial charge in [0.15, 0.2) is 5.82 Å². The molecule has 0 unspecified atom stereocenters. The molecule has 0 saturated carbocycles. The maximum atomic E-state index is 13.2. The van der Waals surface area contributed by atoms with Crippen molar-refractivity contribution in [3.63, 3.8) is 0 Å². The molecule has 1 aromatic carbocycles. The molecule has 18 nitrogen and oxygen atoms in total. The second-order valence-electron chi connectivity index (χ2n) is 14.9. The number of amides is 4. The van der Waals surface area contributed by atoms with Gasteiger partial charge < -0.3 is 56.2 Å². The summed E-state index contributed by atoms with van der Waals surface area (Å²) in [6.45, 7) is 15.4. The van der Waals surface area contributed by atoms with Gasteiger partial charge in [0.2, 0.25) is 23.6 Å². The first-order valence-corrected chi connectivity index (χ1v) is 20.7. The standard InChI is InChI=1S/C41H66N10O8/c1-7-8-10-32-47-36-37(41(59-28(4)5)50-49-38(36)43)51(32)26-31-15-13-30(14-16-31)25-45-39(54)29(6)46-40(55)35(27(2)3)48-34(53)12-9-11-33(52)44-18-20-57-22-24-58-23-21-56-19-17-42/h13-16,27-29,35H,7-12,17-26,42H2,1-6H3,(H2,43,49)(H,44,52)(H,45,54)(H,46,55)(H,48,53)/t29-,35-/m0/s1. The molecule has 4 amide bonds. The SMILES string of the molecule is CCCCc1nc2c(N)nnc(OC(C)C)c2n1Cc1ccc(CNC(=O)[C@H](C)NC(=O)[C@@H](NC(=O)CCCC(=O)NCCOCCOCCOCCN)C(C)C)cc1. The predicted octanol–water partition coefficient (Wildman–Crippen LogP) is 2.14. The molecular weight excluding hydrogens is 761 g/mol. The third kappa shape index (κ3) is 17.1. The Hall–Kier alpha value is -4.91. The molecule has 2 heterocycles. The first kappa shape index (κ1) is 48.5. The number of nitrogens with two attached hydrogens (primary N) is 2. The van der Waals surface area contributed by atoms with Gasteiger partial charge in [-0.25, -0.2) is 4.98 Å². The van der Waals surface area contributed by atoms with Crippen LogP contribution in [-0.2, 0) is 52.9 Å². The van der Waals surface area contributed by atoms with Gasteiger partial charge in [0, 0.05) is 45.4 Å². The first-order valence-electron chi connectivity index (χ1n) is 20.7. The third-order valence-corrected chi connectivity index (χ3v) is 9.07. The fourth-order valence-electron chi connectivity index (χ4n) is 5.91. The van der Waals surface area contributed by atoms with E-state index in [0.717, 1.165) is 36.2 Å². The zero-order valence-corrected chi connectivity index (χ0v) is 35.6. The van der Waals surface area contributed by atoms with Gasteiger partial charge in [-0.15, -0.1) is 10.2 Å². The van der Waals surface area contributed by atoms with Gasteiger partial charge in [0.25, 0.3) is 5.88 Å². The van der Waals surface area contributed by atoms with Crippen LogP contribution in [0.2, 0.25) is 0 Å². The topological polar surface area (TPSA) is 249 Å². The van der Waals surface area contributed by atoms with Crippen LogP contribution in [0.3, 0.4) is 0 Å². The molecule has 59 heavy (non-hydrogen) atoms. The number of nitrogens with zero attached hydrogens (tertiary/aromatic N) is 4. The van der Waals surface area contributed by atoms with E-state index in [9.17, 15) is 19.2 Å². The fraction of sp³-hybridized carbons (Fsp3) is 0.634. The summed E-state index contributed by atoms with van der Waals surface area (Å²) < 4.78 is 24.1. The minimum Gasteiger partial charge on any atom is -0.472 e. The molecule has 3 rings (SSSR count). The monoisotopic (exact) mass is 827 g/mol. The number of aryl methyl sites for hydroxylation is 1. The Bertz CT molecular complexity index is 1750. The number of unbranched alkanes of at least 4 members (excludes halogenated alkanes) is 1. The van der Waals surface area contributed by atoms with Gasteiger partial charge in [0.1, 0.15) is 28.9 Å². The van der Waals surface area contributed by atoms with Crippen LogP contribution in [0.15, 0.2) is 24.3 Å². The zero-order chi connectivity index (χ0) is 43.2. The van der Waals surface area contributed by atoms with Gasteiger partial charge >= 0.3 is 0 Å². The van der Waals surface area contributed by atoms with E-state index >= 15 is 0 Å². The number of fused-ring (bicyclic) bond motifs is 1. The van der Waals surface area contributed by atoms with Crippen molar-refractivity contribution < 1.29 is 38.1 Å². The van der Waals surface area contributed by atoms with Crippen LogP contribution in [0.4, 0.5) is 5.82 Å². The molecule has 0 aliphatic carbocycles. The number of ether oxygens (including phenoxy) is 4. The van der Waals surface area contributed by atoms with Gasteiger partial charge in [0.05, 0.1) is 45.7 Å². The number of rotatable bonds is 29. The molecule has 2 atom stereocenters. The molecule has 18 heteroatoms. The lowest BCUT2D eigenvalue weighted by Gasteiger charge is -2.24. The summed E-state index contributed by atoms with van der Waals surface area (Å²) in [5.74, 6) is -0.120. The second kappa shape index (κ2) is 26.2. The maximum Gasteiger partial charge on any atom is 0.260 e. The molecule has 0 bridgehead atoms. The Kier molecular flexibility index (Phi) is 21.6.